The standard InChI is InChI=1S/C34H41N5O7S2/c1-21(2)32-37-25(19-47-32)17-45-33(43)36-22(3)31(42)38-27(14-23-10-6-4-7-11-23)29(40)30(41)28(15-24-12-8-5-9-13-24)39-34(44)46-18-26-16-35-20-48-26/h4-13,16,19-22,27-30,40-41H,14-15,17-18H2,1-3H3,(H,36,43)(H,38,42)(H,39,44)/t22-,27-,28-,29-,30-/m0/s1. The lowest BCUT2D eigenvalue weighted by Crippen LogP contribution is -2.59. The number of carbonyl (C=O) groups is 3. The third-order valence-corrected chi connectivity index (χ3v) is 9.32. The lowest BCUT2D eigenvalue weighted by Gasteiger charge is -2.33. The summed E-state index contributed by atoms with van der Waals surface area (Å²) in [5.41, 5.74) is 3.83. The third kappa shape index (κ3) is 11.4. The van der Waals surface area contributed by atoms with Gasteiger partial charge in [0.1, 0.15) is 31.5 Å². The minimum atomic E-state index is -1.54. The number of aromatic nitrogens is 2. The quantitative estimate of drug-likeness (QED) is 0.114. The highest BCUT2D eigenvalue weighted by molar-refractivity contribution is 7.09. The maximum atomic E-state index is 13.3. The van der Waals surface area contributed by atoms with Gasteiger partial charge >= 0.3 is 12.2 Å². The second kappa shape index (κ2) is 18.2. The zero-order chi connectivity index (χ0) is 34.5. The van der Waals surface area contributed by atoms with Crippen LogP contribution in [-0.2, 0) is 40.3 Å². The monoisotopic (exact) mass is 695 g/mol. The molecular formula is C34H41N5O7S2. The van der Waals surface area contributed by atoms with E-state index in [2.05, 4.69) is 25.9 Å². The molecule has 12 nitrogen and oxygen atoms in total. The van der Waals surface area contributed by atoms with Gasteiger partial charge in [0.25, 0.3) is 0 Å². The predicted molar refractivity (Wildman–Crippen MR) is 182 cm³/mol. The fourth-order valence-electron chi connectivity index (χ4n) is 4.75. The lowest BCUT2D eigenvalue weighted by molar-refractivity contribution is -0.125. The van der Waals surface area contributed by atoms with Gasteiger partial charge in [0.2, 0.25) is 5.91 Å². The normalized spacial score (nSPS) is 14.3. The van der Waals surface area contributed by atoms with E-state index in [4.69, 9.17) is 9.47 Å². The minimum Gasteiger partial charge on any atom is -0.444 e. The summed E-state index contributed by atoms with van der Waals surface area (Å²) in [4.78, 5) is 47.8. The first-order valence-electron chi connectivity index (χ1n) is 15.5. The highest BCUT2D eigenvalue weighted by Gasteiger charge is 2.35. The number of ether oxygens (including phenoxy) is 2. The van der Waals surface area contributed by atoms with Gasteiger partial charge in [-0.3, -0.25) is 9.78 Å². The van der Waals surface area contributed by atoms with Crippen LogP contribution >= 0.6 is 22.7 Å². The van der Waals surface area contributed by atoms with E-state index in [0.717, 1.165) is 21.0 Å². The summed E-state index contributed by atoms with van der Waals surface area (Å²) in [6.45, 7) is 5.48. The van der Waals surface area contributed by atoms with Crippen molar-refractivity contribution in [3.63, 3.8) is 0 Å². The Bertz CT molecular complexity index is 1570. The molecule has 0 aliphatic carbocycles. The molecule has 256 valence electrons. The van der Waals surface area contributed by atoms with Crippen molar-refractivity contribution in [3.05, 3.63) is 104 Å². The zero-order valence-corrected chi connectivity index (χ0v) is 28.6. The molecule has 0 saturated heterocycles. The second-order valence-corrected chi connectivity index (χ2v) is 13.4. The van der Waals surface area contributed by atoms with E-state index in [1.807, 2.05) is 79.9 Å². The molecular weight excluding hydrogens is 655 g/mol. The fraction of sp³-hybridized carbons (Fsp3) is 0.382. The Balaban J connectivity index is 1.43. The van der Waals surface area contributed by atoms with Crippen LogP contribution in [0.3, 0.4) is 0 Å². The van der Waals surface area contributed by atoms with E-state index in [-0.39, 0.29) is 32.0 Å². The molecule has 48 heavy (non-hydrogen) atoms. The molecule has 3 amide bonds. The topological polar surface area (TPSA) is 172 Å². The van der Waals surface area contributed by atoms with Crippen LogP contribution in [-0.4, -0.2) is 68.6 Å². The number of benzene rings is 2. The van der Waals surface area contributed by atoms with E-state index in [9.17, 15) is 24.6 Å². The summed E-state index contributed by atoms with van der Waals surface area (Å²) in [5.74, 6) is -0.349. The molecule has 2 aromatic carbocycles. The number of alkyl carbamates (subject to hydrolysis) is 2. The van der Waals surface area contributed by atoms with Gasteiger partial charge in [-0.05, 0) is 30.9 Å². The molecule has 0 aliphatic rings. The van der Waals surface area contributed by atoms with E-state index in [1.165, 1.54) is 29.6 Å². The van der Waals surface area contributed by atoms with Crippen LogP contribution in [0.5, 0.6) is 0 Å². The molecule has 0 unspecified atom stereocenters. The van der Waals surface area contributed by atoms with Gasteiger partial charge in [-0.15, -0.1) is 22.7 Å². The Morgan fingerprint density at radius 2 is 1.33 bits per heavy atom. The minimum absolute atomic E-state index is 0.00399. The SMILES string of the molecule is CC(C)c1nc(COC(=O)N[C@@H](C)C(=O)N[C@@H](Cc2ccccc2)[C@H](O)[C@@H](O)[C@H](Cc2ccccc2)NC(=O)OCc2cncs2)cs1. The van der Waals surface area contributed by atoms with E-state index >= 15 is 0 Å². The molecule has 2 aromatic heterocycles. The summed E-state index contributed by atoms with van der Waals surface area (Å²) in [7, 11) is 0. The average molecular weight is 696 g/mol. The number of rotatable bonds is 16. The molecule has 0 spiro atoms. The Morgan fingerprint density at radius 1 is 0.771 bits per heavy atom. The van der Waals surface area contributed by atoms with E-state index in [1.54, 1.807) is 11.7 Å². The first-order valence-corrected chi connectivity index (χ1v) is 17.3. The molecule has 0 bridgehead atoms. The van der Waals surface area contributed by atoms with Crippen LogP contribution in [0, 0.1) is 0 Å². The summed E-state index contributed by atoms with van der Waals surface area (Å²) in [6.07, 6.45) is -2.75. The number of hydrogen-bond acceptors (Lipinski definition) is 11. The summed E-state index contributed by atoms with van der Waals surface area (Å²) in [5, 5.41) is 33.8. The van der Waals surface area contributed by atoms with Gasteiger partial charge < -0.3 is 35.6 Å². The molecule has 5 N–H and O–H groups in total. The second-order valence-electron chi connectivity index (χ2n) is 11.5. The summed E-state index contributed by atoms with van der Waals surface area (Å²) < 4.78 is 10.6. The Labute approximate surface area is 287 Å². The number of aliphatic hydroxyl groups excluding tert-OH is 2. The van der Waals surface area contributed by atoms with Gasteiger partial charge in [0, 0.05) is 17.5 Å². The van der Waals surface area contributed by atoms with Crippen LogP contribution in [0.15, 0.2) is 77.8 Å². The van der Waals surface area contributed by atoms with Gasteiger partial charge in [0.15, 0.2) is 0 Å². The third-order valence-electron chi connectivity index (χ3n) is 7.37. The molecule has 0 saturated carbocycles. The van der Waals surface area contributed by atoms with Crippen molar-refractivity contribution in [1.82, 2.24) is 25.9 Å². The number of nitrogens with zero attached hydrogens (tertiary/aromatic N) is 2. The van der Waals surface area contributed by atoms with Crippen LogP contribution in [0.25, 0.3) is 0 Å². The van der Waals surface area contributed by atoms with Crippen LogP contribution < -0.4 is 16.0 Å². The Hall–Kier alpha value is -4.37. The highest BCUT2D eigenvalue weighted by atomic mass is 32.1. The Morgan fingerprint density at radius 3 is 1.88 bits per heavy atom. The van der Waals surface area contributed by atoms with Crippen LogP contribution in [0.2, 0.25) is 0 Å². The number of amides is 3. The van der Waals surface area contributed by atoms with Gasteiger partial charge in [0.05, 0.1) is 33.2 Å². The summed E-state index contributed by atoms with van der Waals surface area (Å²) >= 11 is 2.82. The van der Waals surface area contributed by atoms with E-state index in [0.29, 0.717) is 5.69 Å². The van der Waals surface area contributed by atoms with Crippen molar-refractivity contribution >= 4 is 40.8 Å². The van der Waals surface area contributed by atoms with Gasteiger partial charge in [-0.1, -0.05) is 74.5 Å². The average Bonchev–Trinajstić information content (AvgIpc) is 3.79. The van der Waals surface area contributed by atoms with Crippen molar-refractivity contribution in [2.45, 2.75) is 83.1 Å². The van der Waals surface area contributed by atoms with Gasteiger partial charge in [-0.25, -0.2) is 14.6 Å². The number of thiazole rings is 2. The first kappa shape index (κ1) is 36.5. The maximum Gasteiger partial charge on any atom is 0.408 e. The van der Waals surface area contributed by atoms with Crippen molar-refractivity contribution in [2.24, 2.45) is 0 Å². The van der Waals surface area contributed by atoms with Gasteiger partial charge in [-0.2, -0.15) is 0 Å². The molecule has 4 rings (SSSR count). The van der Waals surface area contributed by atoms with E-state index < -0.39 is 48.4 Å². The largest absolute Gasteiger partial charge is 0.444 e. The molecule has 14 heteroatoms. The lowest BCUT2D eigenvalue weighted by atomic mass is 9.91. The summed E-state index contributed by atoms with van der Waals surface area (Å²) in [6, 6.07) is 15.3. The van der Waals surface area contributed by atoms with Crippen molar-refractivity contribution in [2.75, 3.05) is 0 Å². The number of hydrogen-bond donors (Lipinski definition) is 5. The number of nitrogens with one attached hydrogen (secondary N) is 3. The number of carbonyl (C=O) groups excluding carboxylic acids is 3. The van der Waals surface area contributed by atoms with Crippen LogP contribution in [0.4, 0.5) is 9.59 Å². The molecule has 0 aliphatic heterocycles. The maximum absolute atomic E-state index is 13.3. The molecule has 4 aromatic rings. The van der Waals surface area contributed by atoms with Crippen molar-refractivity contribution < 1.29 is 34.1 Å². The number of aliphatic hydroxyl groups is 2. The smallest absolute Gasteiger partial charge is 0.408 e. The Kier molecular flexibility index (Phi) is 13.9. The van der Waals surface area contributed by atoms with Crippen LogP contribution in [0.1, 0.15) is 53.4 Å². The molecule has 2 heterocycles. The van der Waals surface area contributed by atoms with Crippen molar-refractivity contribution in [1.29, 1.82) is 0 Å². The molecule has 0 radical (unpaired) electrons. The first-order chi connectivity index (χ1) is 23.1. The highest BCUT2D eigenvalue weighted by Crippen LogP contribution is 2.20. The predicted octanol–water partition coefficient (Wildman–Crippen LogP) is 4.32. The molecule has 5 atom stereocenters. The molecule has 0 fully saturated rings. The van der Waals surface area contributed by atoms with Crippen molar-refractivity contribution in [3.8, 4) is 0 Å². The zero-order valence-electron chi connectivity index (χ0n) is 26.9. The fourth-order valence-corrected chi connectivity index (χ4v) is 6.08.